The van der Waals surface area contributed by atoms with Crippen molar-refractivity contribution in [1.82, 2.24) is 9.36 Å². The first-order valence-corrected chi connectivity index (χ1v) is 5.22. The molecule has 0 atom stereocenters. The second kappa shape index (κ2) is 2.75. The van der Waals surface area contributed by atoms with E-state index >= 15 is 0 Å². The fraction of sp³-hybridized carbons (Fsp3) is 0.0909. The first kappa shape index (κ1) is 7.88. The van der Waals surface area contributed by atoms with Gasteiger partial charge < -0.3 is 0 Å². The predicted molar refractivity (Wildman–Crippen MR) is 59.7 cm³/mol. The lowest BCUT2D eigenvalue weighted by molar-refractivity contribution is 1.46. The highest BCUT2D eigenvalue weighted by molar-refractivity contribution is 7.12. The number of hydrogen-bond acceptors (Lipinski definition) is 3. The maximum Gasteiger partial charge on any atom is 0.144 e. The van der Waals surface area contributed by atoms with Gasteiger partial charge in [-0.3, -0.25) is 0 Å². The summed E-state index contributed by atoms with van der Waals surface area (Å²) in [5, 5.41) is 2.31. The molecule has 0 aliphatic heterocycles. The molecule has 1 aromatic carbocycles. The Morgan fingerprint density at radius 1 is 1.14 bits per heavy atom. The fourth-order valence-electron chi connectivity index (χ4n) is 1.57. The zero-order valence-corrected chi connectivity index (χ0v) is 8.51. The van der Waals surface area contributed by atoms with Crippen molar-refractivity contribution in [3.63, 3.8) is 0 Å². The molecule has 68 valence electrons. The van der Waals surface area contributed by atoms with Gasteiger partial charge in [0.15, 0.2) is 0 Å². The average molecular weight is 200 g/mol. The lowest BCUT2D eigenvalue weighted by atomic mass is 10.1. The van der Waals surface area contributed by atoms with Gasteiger partial charge in [-0.05, 0) is 36.2 Å². The lowest BCUT2D eigenvalue weighted by Crippen LogP contribution is -1.79. The molecule has 3 heteroatoms. The number of nitrogens with zero attached hydrogens (tertiary/aromatic N) is 2. The molecular formula is C11H8N2S. The number of pyridine rings is 1. The second-order valence-electron chi connectivity index (χ2n) is 3.40. The molecule has 0 fully saturated rings. The van der Waals surface area contributed by atoms with Gasteiger partial charge in [0, 0.05) is 10.8 Å². The summed E-state index contributed by atoms with van der Waals surface area (Å²) in [5.74, 6) is 0. The Labute approximate surface area is 85.4 Å². The van der Waals surface area contributed by atoms with E-state index in [1.165, 1.54) is 22.5 Å². The number of benzene rings is 1. The van der Waals surface area contributed by atoms with Gasteiger partial charge in [0.05, 0.1) is 11.7 Å². The largest absolute Gasteiger partial charge is 0.235 e. The zero-order chi connectivity index (χ0) is 9.54. The maximum absolute atomic E-state index is 4.55. The van der Waals surface area contributed by atoms with E-state index in [2.05, 4.69) is 40.5 Å². The van der Waals surface area contributed by atoms with Gasteiger partial charge in [-0.2, -0.15) is 4.37 Å². The van der Waals surface area contributed by atoms with Crippen LogP contribution in [0.5, 0.6) is 0 Å². The summed E-state index contributed by atoms with van der Waals surface area (Å²) >= 11 is 1.45. The molecule has 2 heterocycles. The van der Waals surface area contributed by atoms with Gasteiger partial charge in [0.2, 0.25) is 0 Å². The van der Waals surface area contributed by atoms with Crippen LogP contribution in [0.1, 0.15) is 5.56 Å². The Morgan fingerprint density at radius 3 is 3.00 bits per heavy atom. The molecule has 14 heavy (non-hydrogen) atoms. The Balaban J connectivity index is 2.50. The molecule has 0 saturated carbocycles. The second-order valence-corrected chi connectivity index (χ2v) is 4.18. The summed E-state index contributed by atoms with van der Waals surface area (Å²) in [6.07, 6.45) is 1.87. The van der Waals surface area contributed by atoms with Gasteiger partial charge in [-0.1, -0.05) is 12.1 Å². The van der Waals surface area contributed by atoms with Crippen molar-refractivity contribution in [3.8, 4) is 0 Å². The molecule has 0 unspecified atom stereocenters. The summed E-state index contributed by atoms with van der Waals surface area (Å²) in [6.45, 7) is 2.08. The molecule has 0 bridgehead atoms. The molecule has 0 saturated heterocycles. The van der Waals surface area contributed by atoms with E-state index in [-0.39, 0.29) is 0 Å². The normalized spacial score (nSPS) is 11.2. The number of aromatic nitrogens is 2. The summed E-state index contributed by atoms with van der Waals surface area (Å²) < 4.78 is 4.13. The molecule has 2 nitrogen and oxygen atoms in total. The van der Waals surface area contributed by atoms with Crippen molar-refractivity contribution in [2.24, 2.45) is 0 Å². The van der Waals surface area contributed by atoms with Crippen LogP contribution >= 0.6 is 11.5 Å². The van der Waals surface area contributed by atoms with E-state index < -0.39 is 0 Å². The van der Waals surface area contributed by atoms with Crippen LogP contribution < -0.4 is 0 Å². The summed E-state index contributed by atoms with van der Waals surface area (Å²) in [6, 6.07) is 8.46. The Hall–Kier alpha value is -1.48. The van der Waals surface area contributed by atoms with Crippen LogP contribution in [-0.2, 0) is 0 Å². The number of fused-ring (bicyclic) bond motifs is 2. The van der Waals surface area contributed by atoms with Gasteiger partial charge in [-0.25, -0.2) is 4.98 Å². The number of hydrogen-bond donors (Lipinski definition) is 0. The third kappa shape index (κ3) is 1.09. The molecule has 0 amide bonds. The van der Waals surface area contributed by atoms with Crippen LogP contribution in [0, 0.1) is 6.92 Å². The zero-order valence-electron chi connectivity index (χ0n) is 7.69. The SMILES string of the molecule is Cc1ccc2cc3cnsc3nc2c1. The quantitative estimate of drug-likeness (QED) is 0.557. The summed E-state index contributed by atoms with van der Waals surface area (Å²) in [5.41, 5.74) is 2.30. The Morgan fingerprint density at radius 2 is 2.07 bits per heavy atom. The molecule has 0 spiro atoms. The van der Waals surface area contributed by atoms with E-state index in [0.717, 1.165) is 15.7 Å². The predicted octanol–water partition coefficient (Wildman–Crippen LogP) is 3.15. The summed E-state index contributed by atoms with van der Waals surface area (Å²) in [7, 11) is 0. The molecular weight excluding hydrogens is 192 g/mol. The maximum atomic E-state index is 4.55. The Kier molecular flexibility index (Phi) is 1.55. The minimum absolute atomic E-state index is 1.02. The van der Waals surface area contributed by atoms with Crippen molar-refractivity contribution < 1.29 is 0 Å². The van der Waals surface area contributed by atoms with Crippen molar-refractivity contribution in [2.45, 2.75) is 6.92 Å². The van der Waals surface area contributed by atoms with Gasteiger partial charge in [0.1, 0.15) is 4.83 Å². The highest BCUT2D eigenvalue weighted by atomic mass is 32.1. The molecule has 0 radical (unpaired) electrons. The number of aryl methyl sites for hydroxylation is 1. The molecule has 2 aromatic heterocycles. The first-order chi connectivity index (χ1) is 6.83. The van der Waals surface area contributed by atoms with Crippen molar-refractivity contribution in [2.75, 3.05) is 0 Å². The Bertz CT molecular complexity index is 613. The molecule has 3 rings (SSSR count). The molecule has 3 aromatic rings. The third-order valence-electron chi connectivity index (χ3n) is 2.30. The van der Waals surface area contributed by atoms with Crippen molar-refractivity contribution >= 4 is 32.7 Å². The van der Waals surface area contributed by atoms with Crippen LogP contribution in [0.25, 0.3) is 21.1 Å². The topological polar surface area (TPSA) is 25.8 Å². The van der Waals surface area contributed by atoms with Crippen LogP contribution in [0.15, 0.2) is 30.5 Å². The van der Waals surface area contributed by atoms with Crippen LogP contribution in [-0.4, -0.2) is 9.36 Å². The van der Waals surface area contributed by atoms with E-state index in [0.29, 0.717) is 0 Å². The van der Waals surface area contributed by atoms with Gasteiger partial charge in [-0.15, -0.1) is 0 Å². The molecule has 0 aliphatic rings. The first-order valence-electron chi connectivity index (χ1n) is 4.45. The number of rotatable bonds is 0. The monoisotopic (exact) mass is 200 g/mol. The van der Waals surface area contributed by atoms with E-state index in [1.807, 2.05) is 6.20 Å². The summed E-state index contributed by atoms with van der Waals surface area (Å²) in [4.78, 5) is 5.57. The van der Waals surface area contributed by atoms with E-state index in [4.69, 9.17) is 0 Å². The highest BCUT2D eigenvalue weighted by Gasteiger charge is 2.01. The minimum atomic E-state index is 1.02. The molecule has 0 aliphatic carbocycles. The van der Waals surface area contributed by atoms with Gasteiger partial charge in [0.25, 0.3) is 0 Å². The minimum Gasteiger partial charge on any atom is -0.235 e. The van der Waals surface area contributed by atoms with Crippen molar-refractivity contribution in [1.29, 1.82) is 0 Å². The van der Waals surface area contributed by atoms with E-state index in [1.54, 1.807) is 0 Å². The van der Waals surface area contributed by atoms with E-state index in [9.17, 15) is 0 Å². The smallest absolute Gasteiger partial charge is 0.144 e. The lowest BCUT2D eigenvalue weighted by Gasteiger charge is -1.98. The average Bonchev–Trinajstić information content (AvgIpc) is 2.61. The van der Waals surface area contributed by atoms with Gasteiger partial charge >= 0.3 is 0 Å². The van der Waals surface area contributed by atoms with Crippen LogP contribution in [0.3, 0.4) is 0 Å². The standard InChI is InChI=1S/C11H8N2S/c1-7-2-3-8-5-9-6-12-14-11(9)13-10(8)4-7/h2-6H,1H3. The third-order valence-corrected chi connectivity index (χ3v) is 3.01. The molecule has 0 N–H and O–H groups in total. The van der Waals surface area contributed by atoms with Crippen LogP contribution in [0.2, 0.25) is 0 Å². The van der Waals surface area contributed by atoms with Crippen molar-refractivity contribution in [3.05, 3.63) is 36.0 Å². The van der Waals surface area contributed by atoms with Crippen LogP contribution in [0.4, 0.5) is 0 Å². The fourth-order valence-corrected chi connectivity index (χ4v) is 2.20. The highest BCUT2D eigenvalue weighted by Crippen LogP contribution is 2.22.